The van der Waals surface area contributed by atoms with Crippen molar-refractivity contribution in [2.24, 2.45) is 0 Å². The summed E-state index contributed by atoms with van der Waals surface area (Å²) in [4.78, 5) is 25.2. The van der Waals surface area contributed by atoms with Gasteiger partial charge in [0.15, 0.2) is 6.10 Å². The quantitative estimate of drug-likeness (QED) is 0.845. The zero-order valence-electron chi connectivity index (χ0n) is 13.5. The first-order valence-electron chi connectivity index (χ1n) is 7.78. The molecule has 0 saturated carbocycles. The zero-order valence-corrected chi connectivity index (χ0v) is 13.5. The summed E-state index contributed by atoms with van der Waals surface area (Å²) in [5.74, 6) is -1.17. The molecule has 1 saturated heterocycles. The third-order valence-corrected chi connectivity index (χ3v) is 3.88. The van der Waals surface area contributed by atoms with Crippen molar-refractivity contribution in [1.29, 1.82) is 5.26 Å². The van der Waals surface area contributed by atoms with Crippen molar-refractivity contribution in [1.82, 2.24) is 4.90 Å². The maximum Gasteiger partial charge on any atom is 0.323 e. The molecule has 0 unspecified atom stereocenters. The molecule has 1 N–H and O–H groups in total. The Hall–Kier alpha value is -2.59. The van der Waals surface area contributed by atoms with E-state index in [0.717, 1.165) is 0 Å². The first-order chi connectivity index (χ1) is 11.5. The number of hydrogen-bond donors (Lipinski definition) is 1. The van der Waals surface area contributed by atoms with Crippen LogP contribution in [0, 0.1) is 11.3 Å². The third kappa shape index (κ3) is 4.46. The molecule has 7 heteroatoms. The van der Waals surface area contributed by atoms with Crippen molar-refractivity contribution >= 4 is 11.9 Å². The highest BCUT2D eigenvalue weighted by Crippen LogP contribution is 2.21. The van der Waals surface area contributed by atoms with Crippen molar-refractivity contribution in [2.75, 3.05) is 19.8 Å². The molecule has 1 fully saturated rings. The second-order valence-corrected chi connectivity index (χ2v) is 5.57. The van der Waals surface area contributed by atoms with Crippen LogP contribution in [0.15, 0.2) is 24.3 Å². The summed E-state index contributed by atoms with van der Waals surface area (Å²) >= 11 is 0. The lowest BCUT2D eigenvalue weighted by atomic mass is 10.1. The van der Waals surface area contributed by atoms with Crippen LogP contribution in [-0.4, -0.2) is 53.8 Å². The monoisotopic (exact) mass is 332 g/mol. The summed E-state index contributed by atoms with van der Waals surface area (Å²) in [6.45, 7) is 2.18. The Morgan fingerprint density at radius 3 is 2.71 bits per heavy atom. The molecule has 1 aromatic carbocycles. The number of carboxylic acids is 1. The second kappa shape index (κ2) is 8.31. The zero-order chi connectivity index (χ0) is 17.5. The van der Waals surface area contributed by atoms with Crippen LogP contribution in [-0.2, 0) is 14.3 Å². The molecule has 1 aliphatic rings. The molecule has 0 aromatic heterocycles. The Labute approximate surface area is 140 Å². The van der Waals surface area contributed by atoms with Crippen LogP contribution in [0.1, 0.15) is 25.3 Å². The van der Waals surface area contributed by atoms with Crippen LogP contribution in [0.5, 0.6) is 5.75 Å². The van der Waals surface area contributed by atoms with Gasteiger partial charge in [0, 0.05) is 19.3 Å². The SMILES string of the molecule is C[C@H](Oc1ccccc1C#N)C(=O)N(CC(=O)O)C1CCOCC1. The number of aliphatic carboxylic acids is 1. The summed E-state index contributed by atoms with van der Waals surface area (Å²) in [7, 11) is 0. The summed E-state index contributed by atoms with van der Waals surface area (Å²) < 4.78 is 10.9. The molecule has 24 heavy (non-hydrogen) atoms. The lowest BCUT2D eigenvalue weighted by Gasteiger charge is -2.34. The lowest BCUT2D eigenvalue weighted by molar-refractivity contribution is -0.151. The van der Waals surface area contributed by atoms with E-state index in [1.54, 1.807) is 31.2 Å². The predicted molar refractivity (Wildman–Crippen MR) is 84.4 cm³/mol. The molecule has 1 aromatic rings. The Morgan fingerprint density at radius 2 is 2.08 bits per heavy atom. The number of amides is 1. The minimum Gasteiger partial charge on any atom is -0.480 e. The second-order valence-electron chi connectivity index (χ2n) is 5.57. The number of ether oxygens (including phenoxy) is 2. The van der Waals surface area contributed by atoms with Gasteiger partial charge < -0.3 is 19.5 Å². The molecule has 1 amide bonds. The average Bonchev–Trinajstić information content (AvgIpc) is 2.60. The molecule has 1 heterocycles. The number of hydrogen-bond acceptors (Lipinski definition) is 5. The van der Waals surface area contributed by atoms with Crippen LogP contribution >= 0.6 is 0 Å². The summed E-state index contributed by atoms with van der Waals surface area (Å²) in [5.41, 5.74) is 0.327. The number of nitrogens with zero attached hydrogens (tertiary/aromatic N) is 2. The van der Waals surface area contributed by atoms with Gasteiger partial charge in [-0.25, -0.2) is 0 Å². The highest BCUT2D eigenvalue weighted by molar-refractivity contribution is 5.85. The fourth-order valence-electron chi connectivity index (χ4n) is 2.67. The maximum absolute atomic E-state index is 12.7. The Kier molecular flexibility index (Phi) is 6.15. The van der Waals surface area contributed by atoms with Gasteiger partial charge >= 0.3 is 5.97 Å². The fourth-order valence-corrected chi connectivity index (χ4v) is 2.67. The molecule has 1 atom stereocenters. The normalized spacial score (nSPS) is 16.0. The number of rotatable bonds is 6. The Balaban J connectivity index is 2.12. The van der Waals surface area contributed by atoms with E-state index >= 15 is 0 Å². The summed E-state index contributed by atoms with van der Waals surface area (Å²) in [6, 6.07) is 8.44. The van der Waals surface area contributed by atoms with Crippen LogP contribution < -0.4 is 4.74 Å². The molecule has 0 spiro atoms. The third-order valence-electron chi connectivity index (χ3n) is 3.88. The van der Waals surface area contributed by atoms with Gasteiger partial charge in [-0.3, -0.25) is 9.59 Å². The van der Waals surface area contributed by atoms with E-state index in [1.165, 1.54) is 4.90 Å². The van der Waals surface area contributed by atoms with Crippen LogP contribution in [0.4, 0.5) is 0 Å². The Bertz CT molecular complexity index is 634. The largest absolute Gasteiger partial charge is 0.480 e. The number of benzene rings is 1. The van der Waals surface area contributed by atoms with Crippen molar-refractivity contribution < 1.29 is 24.2 Å². The molecule has 0 bridgehead atoms. The van der Waals surface area contributed by atoms with E-state index < -0.39 is 18.0 Å². The molecule has 1 aliphatic heterocycles. The number of para-hydroxylation sites is 1. The van der Waals surface area contributed by atoms with Gasteiger partial charge in [-0.05, 0) is 31.9 Å². The Morgan fingerprint density at radius 1 is 1.42 bits per heavy atom. The highest BCUT2D eigenvalue weighted by Gasteiger charge is 2.31. The minimum absolute atomic E-state index is 0.181. The number of carbonyl (C=O) groups is 2. The van der Waals surface area contributed by atoms with Gasteiger partial charge in [0.25, 0.3) is 5.91 Å². The summed E-state index contributed by atoms with van der Waals surface area (Å²) in [6.07, 6.45) is 0.308. The van der Waals surface area contributed by atoms with E-state index in [1.807, 2.05) is 6.07 Å². The van der Waals surface area contributed by atoms with E-state index in [9.17, 15) is 9.59 Å². The number of carbonyl (C=O) groups excluding carboxylic acids is 1. The molecule has 0 aliphatic carbocycles. The summed E-state index contributed by atoms with van der Waals surface area (Å²) in [5, 5.41) is 18.2. The first kappa shape index (κ1) is 17.8. The molecule has 7 nitrogen and oxygen atoms in total. The van der Waals surface area contributed by atoms with Crippen molar-refractivity contribution in [3.8, 4) is 11.8 Å². The van der Waals surface area contributed by atoms with Crippen LogP contribution in [0.25, 0.3) is 0 Å². The predicted octanol–water partition coefficient (Wildman–Crippen LogP) is 1.42. The van der Waals surface area contributed by atoms with E-state index in [4.69, 9.17) is 19.8 Å². The highest BCUT2D eigenvalue weighted by atomic mass is 16.5. The fraction of sp³-hybridized carbons (Fsp3) is 0.471. The van der Waals surface area contributed by atoms with E-state index in [0.29, 0.717) is 37.4 Å². The number of nitriles is 1. The van der Waals surface area contributed by atoms with Gasteiger partial charge in [0.2, 0.25) is 0 Å². The standard InChI is InChI=1S/C17H20N2O5/c1-12(24-15-5-3-2-4-13(15)10-18)17(22)19(11-16(20)21)14-6-8-23-9-7-14/h2-5,12,14H,6-9,11H2,1H3,(H,20,21)/t12-/m0/s1. The smallest absolute Gasteiger partial charge is 0.323 e. The van der Waals surface area contributed by atoms with Gasteiger partial charge in [-0.2, -0.15) is 5.26 Å². The van der Waals surface area contributed by atoms with Crippen LogP contribution in [0.3, 0.4) is 0 Å². The average molecular weight is 332 g/mol. The molecule has 0 radical (unpaired) electrons. The van der Waals surface area contributed by atoms with Crippen molar-refractivity contribution in [2.45, 2.75) is 31.9 Å². The minimum atomic E-state index is -1.07. The molecule has 2 rings (SSSR count). The molecular formula is C17H20N2O5. The van der Waals surface area contributed by atoms with E-state index in [2.05, 4.69) is 0 Å². The van der Waals surface area contributed by atoms with Gasteiger partial charge in [0.05, 0.1) is 5.56 Å². The molecular weight excluding hydrogens is 312 g/mol. The van der Waals surface area contributed by atoms with Crippen molar-refractivity contribution in [3.63, 3.8) is 0 Å². The maximum atomic E-state index is 12.7. The van der Waals surface area contributed by atoms with Gasteiger partial charge in [-0.1, -0.05) is 12.1 Å². The molecule has 128 valence electrons. The van der Waals surface area contributed by atoms with Crippen molar-refractivity contribution in [3.05, 3.63) is 29.8 Å². The number of carboxylic acid groups (broad SMARTS) is 1. The lowest BCUT2D eigenvalue weighted by Crippen LogP contribution is -2.50. The van der Waals surface area contributed by atoms with Gasteiger partial charge in [-0.15, -0.1) is 0 Å². The van der Waals surface area contributed by atoms with E-state index in [-0.39, 0.29) is 12.6 Å². The van der Waals surface area contributed by atoms with Gasteiger partial charge in [0.1, 0.15) is 18.4 Å². The first-order valence-corrected chi connectivity index (χ1v) is 7.78. The van der Waals surface area contributed by atoms with Crippen LogP contribution in [0.2, 0.25) is 0 Å². The topological polar surface area (TPSA) is 99.9 Å².